The lowest BCUT2D eigenvalue weighted by atomic mass is 10.0. The van der Waals surface area contributed by atoms with Crippen molar-refractivity contribution in [2.45, 2.75) is 20.3 Å². The third-order valence-corrected chi connectivity index (χ3v) is 3.17. The highest BCUT2D eigenvalue weighted by molar-refractivity contribution is 5.41. The molecule has 0 aliphatic rings. The number of benzene rings is 1. The van der Waals surface area contributed by atoms with Gasteiger partial charge in [0.05, 0.1) is 7.11 Å². The molecule has 0 bridgehead atoms. The van der Waals surface area contributed by atoms with Crippen molar-refractivity contribution in [3.8, 4) is 5.75 Å². The van der Waals surface area contributed by atoms with E-state index in [0.29, 0.717) is 6.54 Å². The third kappa shape index (κ3) is 4.02. The summed E-state index contributed by atoms with van der Waals surface area (Å²) in [4.78, 5) is 2.24. The summed E-state index contributed by atoms with van der Waals surface area (Å²) in [5, 5.41) is 0. The van der Waals surface area contributed by atoms with Gasteiger partial charge in [0.1, 0.15) is 5.75 Å². The van der Waals surface area contributed by atoms with Crippen molar-refractivity contribution in [2.75, 3.05) is 33.8 Å². The van der Waals surface area contributed by atoms with Gasteiger partial charge in [0.25, 0.3) is 0 Å². The molecule has 1 aromatic rings. The maximum atomic E-state index is 5.53. The van der Waals surface area contributed by atoms with Gasteiger partial charge in [-0.05, 0) is 50.1 Å². The van der Waals surface area contributed by atoms with Gasteiger partial charge in [-0.15, -0.1) is 0 Å². The van der Waals surface area contributed by atoms with Gasteiger partial charge in [-0.3, -0.25) is 0 Å². The second kappa shape index (κ2) is 6.62. The normalized spacial score (nSPS) is 10.9. The highest BCUT2D eigenvalue weighted by atomic mass is 16.5. The van der Waals surface area contributed by atoms with Crippen LogP contribution >= 0.6 is 0 Å². The van der Waals surface area contributed by atoms with Crippen LogP contribution in [0, 0.1) is 13.8 Å². The zero-order chi connectivity index (χ0) is 12.8. The number of ether oxygens (including phenoxy) is 1. The number of hydrogen-bond acceptors (Lipinski definition) is 3. The third-order valence-electron chi connectivity index (χ3n) is 3.17. The van der Waals surface area contributed by atoms with E-state index in [-0.39, 0.29) is 0 Å². The summed E-state index contributed by atoms with van der Waals surface area (Å²) in [6.07, 6.45) is 1.00. The lowest BCUT2D eigenvalue weighted by Gasteiger charge is -2.17. The molecule has 3 heteroatoms. The number of aryl methyl sites for hydroxylation is 2. The minimum absolute atomic E-state index is 0.709. The summed E-state index contributed by atoms with van der Waals surface area (Å²) in [6, 6.07) is 4.35. The first-order valence-electron chi connectivity index (χ1n) is 6.11. The topological polar surface area (TPSA) is 38.5 Å². The van der Waals surface area contributed by atoms with Gasteiger partial charge in [0.2, 0.25) is 0 Å². The Morgan fingerprint density at radius 3 is 2.41 bits per heavy atom. The predicted molar refractivity (Wildman–Crippen MR) is 72.7 cm³/mol. The standard InChI is InChI=1S/C14H24N2O/c1-11-9-13(5-7-16(3)8-6-15)14(17-4)10-12(11)2/h9-10H,5-8,15H2,1-4H3. The van der Waals surface area contributed by atoms with Gasteiger partial charge in [0, 0.05) is 19.6 Å². The second-order valence-electron chi connectivity index (χ2n) is 4.59. The smallest absolute Gasteiger partial charge is 0.122 e. The highest BCUT2D eigenvalue weighted by Crippen LogP contribution is 2.23. The zero-order valence-corrected chi connectivity index (χ0v) is 11.4. The van der Waals surface area contributed by atoms with E-state index in [0.717, 1.165) is 25.3 Å². The summed E-state index contributed by atoms with van der Waals surface area (Å²) < 4.78 is 5.43. The van der Waals surface area contributed by atoms with E-state index in [1.807, 2.05) is 0 Å². The van der Waals surface area contributed by atoms with Crippen LogP contribution in [0.15, 0.2) is 12.1 Å². The summed E-state index contributed by atoms with van der Waals surface area (Å²) in [5.74, 6) is 0.995. The molecule has 0 radical (unpaired) electrons. The van der Waals surface area contributed by atoms with Gasteiger partial charge >= 0.3 is 0 Å². The monoisotopic (exact) mass is 236 g/mol. The molecule has 0 aromatic heterocycles. The Morgan fingerprint density at radius 2 is 1.82 bits per heavy atom. The molecular formula is C14H24N2O. The molecule has 2 N–H and O–H groups in total. The number of nitrogens with zero attached hydrogens (tertiary/aromatic N) is 1. The zero-order valence-electron chi connectivity index (χ0n) is 11.4. The largest absolute Gasteiger partial charge is 0.496 e. The minimum Gasteiger partial charge on any atom is -0.496 e. The second-order valence-corrected chi connectivity index (χ2v) is 4.59. The number of rotatable bonds is 6. The molecule has 0 heterocycles. The molecule has 3 nitrogen and oxygen atoms in total. The van der Waals surface area contributed by atoms with Gasteiger partial charge in [0.15, 0.2) is 0 Å². The molecule has 0 saturated carbocycles. The molecule has 0 spiro atoms. The van der Waals surface area contributed by atoms with Crippen LogP contribution in [0.5, 0.6) is 5.75 Å². The van der Waals surface area contributed by atoms with E-state index in [1.54, 1.807) is 7.11 Å². The Bertz CT molecular complexity index is 363. The van der Waals surface area contributed by atoms with Crippen molar-refractivity contribution in [2.24, 2.45) is 5.73 Å². The van der Waals surface area contributed by atoms with Crippen LogP contribution in [-0.4, -0.2) is 38.7 Å². The average Bonchev–Trinajstić information content (AvgIpc) is 2.30. The first-order chi connectivity index (χ1) is 8.08. The van der Waals surface area contributed by atoms with E-state index in [1.165, 1.54) is 16.7 Å². The van der Waals surface area contributed by atoms with E-state index >= 15 is 0 Å². The van der Waals surface area contributed by atoms with Crippen molar-refractivity contribution < 1.29 is 4.74 Å². The quantitative estimate of drug-likeness (QED) is 0.817. The molecule has 96 valence electrons. The molecule has 0 aliphatic heterocycles. The first kappa shape index (κ1) is 14.0. The van der Waals surface area contributed by atoms with Crippen LogP contribution in [0.25, 0.3) is 0 Å². The van der Waals surface area contributed by atoms with Crippen molar-refractivity contribution in [1.29, 1.82) is 0 Å². The molecule has 1 rings (SSSR count). The fourth-order valence-corrected chi connectivity index (χ4v) is 1.88. The van der Waals surface area contributed by atoms with Crippen LogP contribution < -0.4 is 10.5 Å². The highest BCUT2D eigenvalue weighted by Gasteiger charge is 2.07. The van der Waals surface area contributed by atoms with Crippen molar-refractivity contribution in [3.05, 3.63) is 28.8 Å². The van der Waals surface area contributed by atoms with Crippen molar-refractivity contribution in [3.63, 3.8) is 0 Å². The van der Waals surface area contributed by atoms with Crippen LogP contribution in [0.1, 0.15) is 16.7 Å². The molecule has 0 fully saturated rings. The molecular weight excluding hydrogens is 212 g/mol. The van der Waals surface area contributed by atoms with Crippen molar-refractivity contribution in [1.82, 2.24) is 4.90 Å². The fraction of sp³-hybridized carbons (Fsp3) is 0.571. The Morgan fingerprint density at radius 1 is 1.18 bits per heavy atom. The molecule has 1 aromatic carbocycles. The van der Waals surface area contributed by atoms with Crippen LogP contribution in [0.2, 0.25) is 0 Å². The van der Waals surface area contributed by atoms with Gasteiger partial charge in [-0.25, -0.2) is 0 Å². The number of methoxy groups -OCH3 is 1. The van der Waals surface area contributed by atoms with Gasteiger partial charge < -0.3 is 15.4 Å². The SMILES string of the molecule is COc1cc(C)c(C)cc1CCN(C)CCN. The van der Waals surface area contributed by atoms with E-state index in [2.05, 4.69) is 37.9 Å². The summed E-state index contributed by atoms with van der Waals surface area (Å²) in [7, 11) is 3.83. The number of likely N-dealkylation sites (N-methyl/N-ethyl adjacent to an activating group) is 1. The van der Waals surface area contributed by atoms with Crippen LogP contribution in [-0.2, 0) is 6.42 Å². The number of hydrogen-bond donors (Lipinski definition) is 1. The Kier molecular flexibility index (Phi) is 5.45. The molecule has 0 saturated heterocycles. The summed E-state index contributed by atoms with van der Waals surface area (Å²) >= 11 is 0. The minimum atomic E-state index is 0.709. The molecule has 0 unspecified atom stereocenters. The van der Waals surface area contributed by atoms with E-state index < -0.39 is 0 Å². The predicted octanol–water partition coefficient (Wildman–Crippen LogP) is 1.75. The average molecular weight is 236 g/mol. The van der Waals surface area contributed by atoms with Gasteiger partial charge in [-0.1, -0.05) is 6.07 Å². The van der Waals surface area contributed by atoms with Crippen LogP contribution in [0.4, 0.5) is 0 Å². The Hall–Kier alpha value is -1.06. The lowest BCUT2D eigenvalue weighted by molar-refractivity contribution is 0.343. The Balaban J connectivity index is 2.72. The Labute approximate surface area is 105 Å². The molecule has 0 atom stereocenters. The first-order valence-corrected chi connectivity index (χ1v) is 6.11. The summed E-state index contributed by atoms with van der Waals surface area (Å²) in [6.45, 7) is 6.91. The molecule has 0 aliphatic carbocycles. The van der Waals surface area contributed by atoms with E-state index in [9.17, 15) is 0 Å². The van der Waals surface area contributed by atoms with Crippen molar-refractivity contribution >= 4 is 0 Å². The maximum absolute atomic E-state index is 5.53. The fourth-order valence-electron chi connectivity index (χ4n) is 1.88. The van der Waals surface area contributed by atoms with Gasteiger partial charge in [-0.2, -0.15) is 0 Å². The number of nitrogens with two attached hydrogens (primary N) is 1. The molecule has 17 heavy (non-hydrogen) atoms. The lowest BCUT2D eigenvalue weighted by Crippen LogP contribution is -2.27. The van der Waals surface area contributed by atoms with E-state index in [4.69, 9.17) is 10.5 Å². The summed E-state index contributed by atoms with van der Waals surface area (Å²) in [5.41, 5.74) is 9.41. The maximum Gasteiger partial charge on any atom is 0.122 e. The molecule has 0 amide bonds. The van der Waals surface area contributed by atoms with Crippen LogP contribution in [0.3, 0.4) is 0 Å².